The number of hydrogen-bond acceptors (Lipinski definition) is 8. The van der Waals surface area contributed by atoms with Gasteiger partial charge in [0.2, 0.25) is 0 Å². The summed E-state index contributed by atoms with van der Waals surface area (Å²) in [4.78, 5) is 44.9. The lowest BCUT2D eigenvalue weighted by Gasteiger charge is -2.15. The Morgan fingerprint density at radius 2 is 1.95 bits per heavy atom. The highest BCUT2D eigenvalue weighted by molar-refractivity contribution is 7.71. The van der Waals surface area contributed by atoms with Gasteiger partial charge in [0.15, 0.2) is 5.82 Å². The summed E-state index contributed by atoms with van der Waals surface area (Å²) in [7, 11) is 1.53. The summed E-state index contributed by atoms with van der Waals surface area (Å²) in [6.45, 7) is 0. The zero-order valence-electron chi connectivity index (χ0n) is 18.8. The number of amides is 1. The van der Waals surface area contributed by atoms with Gasteiger partial charge in [-0.3, -0.25) is 14.6 Å². The molecule has 0 aliphatic carbocycles. The molecule has 2 aromatic carbocycles. The first-order valence-corrected chi connectivity index (χ1v) is 12.2. The van der Waals surface area contributed by atoms with E-state index < -0.39 is 29.0 Å². The van der Waals surface area contributed by atoms with E-state index in [1.54, 1.807) is 12.1 Å². The van der Waals surface area contributed by atoms with Gasteiger partial charge in [-0.2, -0.15) is 0 Å². The second kappa shape index (κ2) is 9.76. The molecule has 0 radical (unpaired) electrons. The lowest BCUT2D eigenvalue weighted by molar-refractivity contribution is 0.0941. The zero-order valence-corrected chi connectivity index (χ0v) is 21.2. The third-order valence-corrected chi connectivity index (χ3v) is 7.00. The van der Waals surface area contributed by atoms with E-state index in [1.165, 1.54) is 48.7 Å². The molecule has 3 heterocycles. The number of aromatic amines is 2. The number of hydrogen-bond donors (Lipinski definition) is 4. The molecule has 0 saturated carbocycles. The standard InChI is InChI=1S/C23H16ClFN6O4S2/c1-26-15-9-14-12(8-13(15)25)21(33)31(22(34)27-14)11-4-2-10(3-5-11)20(32)28-18(16-6-7-17(24)37-16)19-29-23(36)35-30-19/h2-9,18,26H,1H3,(H,27,34)(H,28,32)(H,29,30,36). The van der Waals surface area contributed by atoms with Crippen molar-refractivity contribution < 1.29 is 13.7 Å². The summed E-state index contributed by atoms with van der Waals surface area (Å²) >= 11 is 12.3. The second-order valence-electron chi connectivity index (χ2n) is 7.77. The van der Waals surface area contributed by atoms with Crippen LogP contribution in [0.15, 0.2) is 62.6 Å². The van der Waals surface area contributed by atoms with Crippen LogP contribution in [-0.2, 0) is 0 Å². The molecule has 0 saturated heterocycles. The van der Waals surface area contributed by atoms with E-state index in [-0.39, 0.29) is 38.5 Å². The normalized spacial score (nSPS) is 12.0. The van der Waals surface area contributed by atoms with Crippen molar-refractivity contribution in [1.82, 2.24) is 25.0 Å². The van der Waals surface area contributed by atoms with Crippen molar-refractivity contribution in [3.63, 3.8) is 0 Å². The van der Waals surface area contributed by atoms with Crippen LogP contribution in [0.25, 0.3) is 16.6 Å². The number of thiophene rings is 1. The van der Waals surface area contributed by atoms with Crippen LogP contribution in [0.1, 0.15) is 27.1 Å². The van der Waals surface area contributed by atoms with E-state index in [9.17, 15) is 18.8 Å². The SMILES string of the molecule is CNc1cc2[nH]c(=O)n(-c3ccc(C(=O)NC(c4noc(=S)[nH]4)c4ccc(Cl)s4)cc3)c(=O)c2cc1F. The number of nitrogens with zero attached hydrogens (tertiary/aromatic N) is 2. The molecule has 1 atom stereocenters. The maximum absolute atomic E-state index is 14.3. The summed E-state index contributed by atoms with van der Waals surface area (Å²) < 4.78 is 20.6. The van der Waals surface area contributed by atoms with E-state index >= 15 is 0 Å². The van der Waals surface area contributed by atoms with Gasteiger partial charge in [0.05, 0.1) is 26.6 Å². The number of fused-ring (bicyclic) bond motifs is 1. The minimum absolute atomic E-state index is 0.000317. The lowest BCUT2D eigenvalue weighted by atomic mass is 10.1. The molecule has 0 spiro atoms. The van der Waals surface area contributed by atoms with Crippen molar-refractivity contribution in [2.45, 2.75) is 6.04 Å². The molecule has 3 aromatic heterocycles. The largest absolute Gasteiger partial charge is 0.386 e. The lowest BCUT2D eigenvalue weighted by Crippen LogP contribution is -2.34. The smallest absolute Gasteiger partial charge is 0.333 e. The number of anilines is 1. The average Bonchev–Trinajstić information content (AvgIpc) is 3.51. The van der Waals surface area contributed by atoms with Crippen molar-refractivity contribution in [2.75, 3.05) is 12.4 Å². The van der Waals surface area contributed by atoms with Crippen LogP contribution >= 0.6 is 35.2 Å². The Balaban J connectivity index is 1.47. The molecule has 5 aromatic rings. The van der Waals surface area contributed by atoms with Crippen LogP contribution in [0.3, 0.4) is 0 Å². The topological polar surface area (TPSA) is 138 Å². The van der Waals surface area contributed by atoms with Gasteiger partial charge in [-0.1, -0.05) is 16.8 Å². The quantitative estimate of drug-likeness (QED) is 0.230. The van der Waals surface area contributed by atoms with E-state index in [2.05, 4.69) is 25.8 Å². The Kier molecular flexibility index (Phi) is 6.50. The Morgan fingerprint density at radius 1 is 1.19 bits per heavy atom. The van der Waals surface area contributed by atoms with Gasteiger partial charge in [0.25, 0.3) is 16.3 Å². The number of carbonyl (C=O) groups is 1. The molecule has 0 bridgehead atoms. The van der Waals surface area contributed by atoms with E-state index in [0.717, 1.165) is 10.6 Å². The first-order valence-electron chi connectivity index (χ1n) is 10.6. The zero-order chi connectivity index (χ0) is 26.3. The van der Waals surface area contributed by atoms with Crippen molar-refractivity contribution >= 4 is 57.7 Å². The molecule has 5 rings (SSSR count). The van der Waals surface area contributed by atoms with Gasteiger partial charge in [-0.25, -0.2) is 13.8 Å². The molecule has 1 unspecified atom stereocenters. The van der Waals surface area contributed by atoms with Crippen molar-refractivity contribution in [2.24, 2.45) is 0 Å². The van der Waals surface area contributed by atoms with Crippen LogP contribution in [0.2, 0.25) is 4.34 Å². The summed E-state index contributed by atoms with van der Waals surface area (Å²) in [6, 6.07) is 10.9. The van der Waals surface area contributed by atoms with Gasteiger partial charge in [0.1, 0.15) is 11.9 Å². The Morgan fingerprint density at radius 3 is 2.57 bits per heavy atom. The van der Waals surface area contributed by atoms with Crippen LogP contribution < -0.4 is 21.9 Å². The van der Waals surface area contributed by atoms with E-state index in [4.69, 9.17) is 28.3 Å². The molecule has 10 nitrogen and oxygen atoms in total. The minimum Gasteiger partial charge on any atom is -0.386 e. The van der Waals surface area contributed by atoms with Crippen LogP contribution in [0, 0.1) is 10.7 Å². The van der Waals surface area contributed by atoms with E-state index in [0.29, 0.717) is 9.21 Å². The molecule has 14 heteroatoms. The predicted molar refractivity (Wildman–Crippen MR) is 140 cm³/mol. The molecule has 0 aliphatic heterocycles. The minimum atomic E-state index is -0.714. The molecule has 1 amide bonds. The molecular formula is C23H16ClFN6O4S2. The van der Waals surface area contributed by atoms with Crippen molar-refractivity contribution in [3.8, 4) is 5.69 Å². The van der Waals surface area contributed by atoms with Gasteiger partial charge in [0, 0.05) is 17.5 Å². The van der Waals surface area contributed by atoms with E-state index in [1.807, 2.05) is 0 Å². The predicted octanol–water partition coefficient (Wildman–Crippen LogP) is 4.14. The molecule has 0 aliphatic rings. The summed E-state index contributed by atoms with van der Waals surface area (Å²) in [5.74, 6) is -0.812. The highest BCUT2D eigenvalue weighted by Gasteiger charge is 2.23. The number of rotatable bonds is 6. The molecule has 0 fully saturated rings. The van der Waals surface area contributed by atoms with Crippen LogP contribution in [0.5, 0.6) is 0 Å². The summed E-state index contributed by atoms with van der Waals surface area (Å²) in [5.41, 5.74) is -0.628. The molecular weight excluding hydrogens is 543 g/mol. The average molecular weight is 559 g/mol. The fraction of sp³-hybridized carbons (Fsp3) is 0.0870. The molecule has 188 valence electrons. The highest BCUT2D eigenvalue weighted by Crippen LogP contribution is 2.30. The number of carbonyl (C=O) groups excluding carboxylic acids is 1. The Labute approximate surface area is 220 Å². The Bertz CT molecular complexity index is 1820. The number of H-pyrrole nitrogens is 2. The van der Waals surface area contributed by atoms with Crippen molar-refractivity contribution in [3.05, 3.63) is 101 Å². The highest BCUT2D eigenvalue weighted by atomic mass is 35.5. The maximum atomic E-state index is 14.3. The van der Waals surface area contributed by atoms with Gasteiger partial charge in [-0.05, 0) is 60.7 Å². The number of nitrogens with one attached hydrogen (secondary N) is 4. The number of aromatic nitrogens is 4. The second-order valence-corrected chi connectivity index (χ2v) is 9.89. The third-order valence-electron chi connectivity index (χ3n) is 5.53. The number of benzene rings is 2. The maximum Gasteiger partial charge on any atom is 0.333 e. The fourth-order valence-corrected chi connectivity index (χ4v) is 5.02. The van der Waals surface area contributed by atoms with Gasteiger partial charge in [-0.15, -0.1) is 11.3 Å². The van der Waals surface area contributed by atoms with Crippen LogP contribution in [-0.4, -0.2) is 32.6 Å². The first-order chi connectivity index (χ1) is 17.7. The Hall–Kier alpha value is -4.07. The summed E-state index contributed by atoms with van der Waals surface area (Å²) in [5, 5.41) is 9.38. The monoisotopic (exact) mass is 558 g/mol. The molecule has 37 heavy (non-hydrogen) atoms. The van der Waals surface area contributed by atoms with Crippen molar-refractivity contribution in [1.29, 1.82) is 0 Å². The first kappa shape index (κ1) is 24.6. The van der Waals surface area contributed by atoms with Gasteiger partial charge >= 0.3 is 5.69 Å². The van der Waals surface area contributed by atoms with Gasteiger partial charge < -0.3 is 20.1 Å². The fourth-order valence-electron chi connectivity index (χ4n) is 3.76. The molecule has 4 N–H and O–H groups in total. The number of halogens is 2. The summed E-state index contributed by atoms with van der Waals surface area (Å²) in [6.07, 6.45) is 0. The van der Waals surface area contributed by atoms with Crippen LogP contribution in [0.4, 0.5) is 10.1 Å². The third kappa shape index (κ3) is 4.71.